The van der Waals surface area contributed by atoms with E-state index in [1.165, 1.54) is 5.56 Å². The molecule has 0 fully saturated rings. The van der Waals surface area contributed by atoms with E-state index in [1.54, 1.807) is 0 Å². The number of aliphatic hydroxyl groups excluding tert-OH is 1. The SMILES string of the molecule is CCCC(NCC(O)c1cccc(C)c1)c1ccccn1. The molecule has 21 heavy (non-hydrogen) atoms. The lowest BCUT2D eigenvalue weighted by Crippen LogP contribution is -2.27. The van der Waals surface area contributed by atoms with Gasteiger partial charge in [-0.05, 0) is 31.0 Å². The van der Waals surface area contributed by atoms with Gasteiger partial charge in [-0.3, -0.25) is 4.98 Å². The minimum atomic E-state index is -0.493. The smallest absolute Gasteiger partial charge is 0.0914 e. The molecule has 2 aromatic rings. The number of nitrogens with one attached hydrogen (secondary N) is 1. The van der Waals surface area contributed by atoms with Crippen molar-refractivity contribution < 1.29 is 5.11 Å². The summed E-state index contributed by atoms with van der Waals surface area (Å²) < 4.78 is 0. The minimum absolute atomic E-state index is 0.190. The van der Waals surface area contributed by atoms with E-state index in [1.807, 2.05) is 55.6 Å². The van der Waals surface area contributed by atoms with Gasteiger partial charge < -0.3 is 10.4 Å². The fourth-order valence-corrected chi connectivity index (χ4v) is 2.47. The zero-order chi connectivity index (χ0) is 15.1. The number of pyridine rings is 1. The summed E-state index contributed by atoms with van der Waals surface area (Å²) in [6, 6.07) is 14.2. The van der Waals surface area contributed by atoms with E-state index in [0.29, 0.717) is 6.54 Å². The van der Waals surface area contributed by atoms with Crippen molar-refractivity contribution in [1.82, 2.24) is 10.3 Å². The Morgan fingerprint density at radius 3 is 2.71 bits per heavy atom. The van der Waals surface area contributed by atoms with Gasteiger partial charge in [-0.25, -0.2) is 0 Å². The van der Waals surface area contributed by atoms with Crippen LogP contribution in [0.3, 0.4) is 0 Å². The first kappa shape index (κ1) is 15.7. The van der Waals surface area contributed by atoms with Crippen molar-refractivity contribution in [3.63, 3.8) is 0 Å². The van der Waals surface area contributed by atoms with Crippen molar-refractivity contribution in [2.75, 3.05) is 6.54 Å². The topological polar surface area (TPSA) is 45.1 Å². The Morgan fingerprint density at radius 1 is 1.19 bits per heavy atom. The second-order valence-corrected chi connectivity index (χ2v) is 5.43. The number of hydrogen-bond acceptors (Lipinski definition) is 3. The monoisotopic (exact) mass is 284 g/mol. The van der Waals surface area contributed by atoms with Crippen LogP contribution in [0.2, 0.25) is 0 Å². The quantitative estimate of drug-likeness (QED) is 0.817. The van der Waals surface area contributed by atoms with E-state index < -0.39 is 6.10 Å². The molecule has 0 aliphatic rings. The van der Waals surface area contributed by atoms with Crippen molar-refractivity contribution in [3.05, 3.63) is 65.5 Å². The molecule has 1 heterocycles. The predicted molar refractivity (Wildman–Crippen MR) is 86.0 cm³/mol. The van der Waals surface area contributed by atoms with Crippen LogP contribution in [0.1, 0.15) is 48.7 Å². The Morgan fingerprint density at radius 2 is 2.05 bits per heavy atom. The maximum atomic E-state index is 10.3. The van der Waals surface area contributed by atoms with Crippen molar-refractivity contribution in [3.8, 4) is 0 Å². The van der Waals surface area contributed by atoms with Crippen molar-refractivity contribution in [2.24, 2.45) is 0 Å². The maximum absolute atomic E-state index is 10.3. The van der Waals surface area contributed by atoms with Gasteiger partial charge >= 0.3 is 0 Å². The summed E-state index contributed by atoms with van der Waals surface area (Å²) in [5.74, 6) is 0. The highest BCUT2D eigenvalue weighted by molar-refractivity contribution is 5.24. The summed E-state index contributed by atoms with van der Waals surface area (Å²) in [7, 11) is 0. The number of rotatable bonds is 7. The highest BCUT2D eigenvalue weighted by atomic mass is 16.3. The third kappa shape index (κ3) is 4.66. The van der Waals surface area contributed by atoms with Crippen LogP contribution >= 0.6 is 0 Å². The van der Waals surface area contributed by atoms with Gasteiger partial charge in [-0.1, -0.05) is 49.2 Å². The number of aliphatic hydroxyl groups is 1. The van der Waals surface area contributed by atoms with Crippen LogP contribution in [0.4, 0.5) is 0 Å². The first-order valence-electron chi connectivity index (χ1n) is 7.59. The predicted octanol–water partition coefficient (Wildman–Crippen LogP) is 3.55. The van der Waals surface area contributed by atoms with E-state index in [-0.39, 0.29) is 6.04 Å². The van der Waals surface area contributed by atoms with Crippen LogP contribution in [0.15, 0.2) is 48.7 Å². The number of benzene rings is 1. The fraction of sp³-hybridized carbons (Fsp3) is 0.389. The zero-order valence-corrected chi connectivity index (χ0v) is 12.8. The fourth-order valence-electron chi connectivity index (χ4n) is 2.47. The van der Waals surface area contributed by atoms with E-state index in [4.69, 9.17) is 0 Å². The molecule has 3 heteroatoms. The lowest BCUT2D eigenvalue weighted by atomic mass is 10.0. The van der Waals surface area contributed by atoms with Gasteiger partial charge in [0.2, 0.25) is 0 Å². The molecule has 0 saturated heterocycles. The molecule has 2 unspecified atom stereocenters. The molecule has 0 bridgehead atoms. The third-order valence-electron chi connectivity index (χ3n) is 3.61. The Labute approximate surface area is 127 Å². The molecule has 1 aromatic carbocycles. The summed E-state index contributed by atoms with van der Waals surface area (Å²) >= 11 is 0. The average Bonchev–Trinajstić information content (AvgIpc) is 2.52. The van der Waals surface area contributed by atoms with Crippen LogP contribution in [-0.4, -0.2) is 16.6 Å². The number of aryl methyl sites for hydroxylation is 1. The maximum Gasteiger partial charge on any atom is 0.0914 e. The van der Waals surface area contributed by atoms with Gasteiger partial charge in [0, 0.05) is 18.8 Å². The molecular weight excluding hydrogens is 260 g/mol. The van der Waals surface area contributed by atoms with E-state index in [2.05, 4.69) is 17.2 Å². The second kappa shape index (κ2) is 7.91. The Kier molecular flexibility index (Phi) is 5.90. The number of aromatic nitrogens is 1. The Bertz CT molecular complexity index is 542. The van der Waals surface area contributed by atoms with E-state index in [0.717, 1.165) is 24.1 Å². The molecule has 2 atom stereocenters. The van der Waals surface area contributed by atoms with Crippen LogP contribution in [0.5, 0.6) is 0 Å². The molecule has 0 aliphatic heterocycles. The van der Waals surface area contributed by atoms with Crippen LogP contribution < -0.4 is 5.32 Å². The lowest BCUT2D eigenvalue weighted by molar-refractivity contribution is 0.168. The molecule has 3 nitrogen and oxygen atoms in total. The van der Waals surface area contributed by atoms with Crippen LogP contribution in [0, 0.1) is 6.92 Å². The molecule has 2 N–H and O–H groups in total. The summed E-state index contributed by atoms with van der Waals surface area (Å²) in [5, 5.41) is 13.8. The average molecular weight is 284 g/mol. The summed E-state index contributed by atoms with van der Waals surface area (Å²) in [6.45, 7) is 4.73. The van der Waals surface area contributed by atoms with Crippen molar-refractivity contribution >= 4 is 0 Å². The lowest BCUT2D eigenvalue weighted by Gasteiger charge is -2.20. The Balaban J connectivity index is 1.98. The van der Waals surface area contributed by atoms with Gasteiger partial charge in [0.25, 0.3) is 0 Å². The van der Waals surface area contributed by atoms with Gasteiger partial charge in [-0.2, -0.15) is 0 Å². The number of hydrogen-bond donors (Lipinski definition) is 2. The van der Waals surface area contributed by atoms with Crippen molar-refractivity contribution in [2.45, 2.75) is 38.8 Å². The van der Waals surface area contributed by atoms with Crippen molar-refractivity contribution in [1.29, 1.82) is 0 Å². The minimum Gasteiger partial charge on any atom is -0.387 e. The molecule has 0 aliphatic carbocycles. The molecule has 0 saturated carbocycles. The highest BCUT2D eigenvalue weighted by Gasteiger charge is 2.14. The molecular formula is C18H24N2O. The van der Waals surface area contributed by atoms with Gasteiger partial charge in [0.15, 0.2) is 0 Å². The Hall–Kier alpha value is -1.71. The standard InChI is InChI=1S/C18H24N2O/c1-3-7-16(17-10-4-5-11-19-17)20-13-18(21)15-9-6-8-14(2)12-15/h4-6,8-12,16,18,20-21H,3,7,13H2,1-2H3. The molecule has 0 amide bonds. The molecule has 0 spiro atoms. The second-order valence-electron chi connectivity index (χ2n) is 5.43. The first-order chi connectivity index (χ1) is 10.2. The van der Waals surface area contributed by atoms with Gasteiger partial charge in [0.05, 0.1) is 11.8 Å². The molecule has 0 radical (unpaired) electrons. The van der Waals surface area contributed by atoms with Gasteiger partial charge in [0.1, 0.15) is 0 Å². The van der Waals surface area contributed by atoms with Crippen LogP contribution in [0.25, 0.3) is 0 Å². The summed E-state index contributed by atoms with van der Waals surface area (Å²) in [5.41, 5.74) is 3.16. The number of nitrogens with zero attached hydrogens (tertiary/aromatic N) is 1. The summed E-state index contributed by atoms with van der Waals surface area (Å²) in [4.78, 5) is 4.42. The van der Waals surface area contributed by atoms with E-state index in [9.17, 15) is 5.11 Å². The highest BCUT2D eigenvalue weighted by Crippen LogP contribution is 2.18. The van der Waals surface area contributed by atoms with E-state index >= 15 is 0 Å². The molecule has 112 valence electrons. The molecule has 2 rings (SSSR count). The van der Waals surface area contributed by atoms with Crippen LogP contribution in [-0.2, 0) is 0 Å². The largest absolute Gasteiger partial charge is 0.387 e. The van der Waals surface area contributed by atoms with Gasteiger partial charge in [-0.15, -0.1) is 0 Å². The normalized spacial score (nSPS) is 13.9. The molecule has 1 aromatic heterocycles. The zero-order valence-electron chi connectivity index (χ0n) is 12.8. The first-order valence-corrected chi connectivity index (χ1v) is 7.59. The summed E-state index contributed by atoms with van der Waals surface area (Å²) in [6.07, 6.45) is 3.41. The third-order valence-corrected chi connectivity index (χ3v) is 3.61.